The monoisotopic (exact) mass is 361 g/mol. The number of rotatable bonds is 3. The van der Waals surface area contributed by atoms with Crippen LogP contribution in [0.3, 0.4) is 0 Å². The molecule has 0 N–H and O–H groups in total. The molecule has 1 aromatic rings. The van der Waals surface area contributed by atoms with Gasteiger partial charge in [0, 0.05) is 14.0 Å². The zero-order valence-corrected chi connectivity index (χ0v) is 13.3. The first kappa shape index (κ1) is 15.9. The lowest BCUT2D eigenvalue weighted by molar-refractivity contribution is -0.386. The summed E-state index contributed by atoms with van der Waals surface area (Å²) in [6.07, 6.45) is 1.62. The van der Waals surface area contributed by atoms with Crippen LogP contribution in [-0.2, 0) is 21.3 Å². The van der Waals surface area contributed by atoms with Crippen LogP contribution in [0.4, 0.5) is 5.69 Å². The molecule has 8 nitrogen and oxygen atoms in total. The number of hydrogen-bond acceptors (Lipinski definition) is 6. The van der Waals surface area contributed by atoms with Crippen LogP contribution in [0.5, 0.6) is 0 Å². The molecule has 0 aromatic carbocycles. The molecule has 1 aromatic heterocycles. The summed E-state index contributed by atoms with van der Waals surface area (Å²) in [5.74, 6) is -0.377. The van der Waals surface area contributed by atoms with Gasteiger partial charge in [-0.25, -0.2) is 0 Å². The molecule has 2 heterocycles. The molecular weight excluding hydrogens is 346 g/mol. The summed E-state index contributed by atoms with van der Waals surface area (Å²) in [6, 6.07) is 0. The number of hydrogen-bond donors (Lipinski definition) is 0. The summed E-state index contributed by atoms with van der Waals surface area (Å²) in [6.45, 7) is 1.52. The van der Waals surface area contributed by atoms with E-state index in [9.17, 15) is 14.9 Å². The molecule has 0 unspecified atom stereocenters. The third-order valence-corrected chi connectivity index (χ3v) is 4.40. The molecule has 116 valence electrons. The van der Waals surface area contributed by atoms with E-state index in [1.807, 2.05) is 0 Å². The van der Waals surface area contributed by atoms with Crippen molar-refractivity contribution >= 4 is 27.6 Å². The average molecular weight is 362 g/mol. The topological polar surface area (TPSA) is 96.5 Å². The van der Waals surface area contributed by atoms with E-state index in [1.54, 1.807) is 7.05 Å². The first-order valence-corrected chi connectivity index (χ1v) is 7.41. The third kappa shape index (κ3) is 3.59. The van der Waals surface area contributed by atoms with Crippen LogP contribution in [0.15, 0.2) is 6.20 Å². The number of alkyl halides is 1. The summed E-state index contributed by atoms with van der Waals surface area (Å²) < 4.78 is 12.4. The number of aromatic nitrogens is 2. The minimum absolute atomic E-state index is 0.0429. The fourth-order valence-corrected chi connectivity index (χ4v) is 2.91. The van der Waals surface area contributed by atoms with E-state index >= 15 is 0 Å². The van der Waals surface area contributed by atoms with E-state index in [1.165, 1.54) is 17.8 Å². The molecule has 0 saturated carbocycles. The molecule has 1 aliphatic rings. The molecule has 1 aliphatic heterocycles. The van der Waals surface area contributed by atoms with Crippen molar-refractivity contribution in [3.05, 3.63) is 22.0 Å². The lowest BCUT2D eigenvalue weighted by Gasteiger charge is -2.19. The summed E-state index contributed by atoms with van der Waals surface area (Å²) in [7, 11) is 1.64. The van der Waals surface area contributed by atoms with Crippen LogP contribution in [-0.4, -0.2) is 38.2 Å². The molecule has 0 radical (unpaired) electrons. The van der Waals surface area contributed by atoms with Crippen LogP contribution in [0.1, 0.15) is 31.6 Å². The summed E-state index contributed by atoms with van der Waals surface area (Å²) in [5, 5.41) is 15.0. The Labute approximate surface area is 129 Å². The molecule has 2 rings (SSSR count). The molecule has 0 aliphatic carbocycles. The van der Waals surface area contributed by atoms with E-state index in [0.29, 0.717) is 18.5 Å². The molecule has 9 heteroatoms. The van der Waals surface area contributed by atoms with E-state index in [4.69, 9.17) is 9.47 Å². The largest absolute Gasteiger partial charge is 0.459 e. The van der Waals surface area contributed by atoms with Crippen molar-refractivity contribution in [2.45, 2.75) is 36.8 Å². The summed E-state index contributed by atoms with van der Waals surface area (Å²) >= 11 is 3.48. The standard InChI is InChI=1S/C12H16BrN3O5/c1-7(17)21-11-6-20-10(4-3-8(11)13)12-9(16(18)19)5-14-15(12)2/h5,8,10-11H,3-4,6H2,1-2H3/t8-,10+,11-/m1/s1. The second-order valence-electron chi connectivity index (χ2n) is 4.86. The smallest absolute Gasteiger partial charge is 0.312 e. The van der Waals surface area contributed by atoms with E-state index in [0.717, 1.165) is 0 Å². The van der Waals surface area contributed by atoms with Crippen molar-refractivity contribution in [3.8, 4) is 0 Å². The number of aryl methyl sites for hydroxylation is 1. The number of carbonyl (C=O) groups excluding carboxylic acids is 1. The average Bonchev–Trinajstić information content (AvgIpc) is 2.70. The highest BCUT2D eigenvalue weighted by molar-refractivity contribution is 9.09. The minimum atomic E-state index is -0.467. The normalized spacial score (nSPS) is 26.1. The number of halogens is 1. The van der Waals surface area contributed by atoms with E-state index < -0.39 is 17.1 Å². The number of carbonyl (C=O) groups is 1. The van der Waals surface area contributed by atoms with Gasteiger partial charge >= 0.3 is 11.7 Å². The van der Waals surface area contributed by atoms with Crippen LogP contribution in [0, 0.1) is 10.1 Å². The van der Waals surface area contributed by atoms with Gasteiger partial charge in [-0.1, -0.05) is 15.9 Å². The second-order valence-corrected chi connectivity index (χ2v) is 6.04. The maximum Gasteiger partial charge on any atom is 0.312 e. The van der Waals surface area contributed by atoms with Gasteiger partial charge in [0.15, 0.2) is 0 Å². The highest BCUT2D eigenvalue weighted by Gasteiger charge is 2.34. The molecule has 1 saturated heterocycles. The second kappa shape index (κ2) is 6.52. The van der Waals surface area contributed by atoms with Gasteiger partial charge in [-0.3, -0.25) is 19.6 Å². The molecule has 3 atom stereocenters. The number of nitrogens with zero attached hydrogens (tertiary/aromatic N) is 3. The predicted molar refractivity (Wildman–Crippen MR) is 76.1 cm³/mol. The molecule has 0 amide bonds. The summed E-state index contributed by atoms with van der Waals surface area (Å²) in [4.78, 5) is 21.6. The van der Waals surface area contributed by atoms with Crippen LogP contribution in [0.2, 0.25) is 0 Å². The molecule has 21 heavy (non-hydrogen) atoms. The van der Waals surface area contributed by atoms with Gasteiger partial charge in [-0.2, -0.15) is 5.10 Å². The van der Waals surface area contributed by atoms with Gasteiger partial charge in [0.2, 0.25) is 0 Å². The fraction of sp³-hybridized carbons (Fsp3) is 0.667. The maximum absolute atomic E-state index is 11.1. The van der Waals surface area contributed by atoms with Crippen molar-refractivity contribution in [2.75, 3.05) is 6.61 Å². The van der Waals surface area contributed by atoms with E-state index in [2.05, 4.69) is 21.0 Å². The van der Waals surface area contributed by atoms with Gasteiger partial charge in [0.1, 0.15) is 24.1 Å². The Morgan fingerprint density at radius 2 is 2.33 bits per heavy atom. The first-order chi connectivity index (χ1) is 9.90. The van der Waals surface area contributed by atoms with Gasteiger partial charge in [0.25, 0.3) is 0 Å². The molecular formula is C12H16BrN3O5. The Balaban J connectivity index is 2.18. The van der Waals surface area contributed by atoms with Gasteiger partial charge in [0.05, 0.1) is 16.4 Å². The minimum Gasteiger partial charge on any atom is -0.459 e. The van der Waals surface area contributed by atoms with Crippen LogP contribution < -0.4 is 0 Å². The third-order valence-electron chi connectivity index (χ3n) is 3.35. The Morgan fingerprint density at radius 3 is 2.95 bits per heavy atom. The van der Waals surface area contributed by atoms with Crippen molar-refractivity contribution in [3.63, 3.8) is 0 Å². The van der Waals surface area contributed by atoms with Crippen molar-refractivity contribution in [1.82, 2.24) is 9.78 Å². The Morgan fingerprint density at radius 1 is 1.62 bits per heavy atom. The maximum atomic E-state index is 11.1. The van der Waals surface area contributed by atoms with E-state index in [-0.39, 0.29) is 23.1 Å². The first-order valence-electron chi connectivity index (χ1n) is 6.49. The number of nitro groups is 1. The Kier molecular flexibility index (Phi) is 4.94. The Bertz CT molecular complexity index is 547. The zero-order valence-electron chi connectivity index (χ0n) is 11.7. The number of ether oxygens (including phenoxy) is 2. The van der Waals surface area contributed by atoms with Crippen LogP contribution >= 0.6 is 15.9 Å². The lowest BCUT2D eigenvalue weighted by Crippen LogP contribution is -2.29. The molecule has 0 bridgehead atoms. The number of esters is 1. The quantitative estimate of drug-likeness (QED) is 0.353. The predicted octanol–water partition coefficient (Wildman–Crippen LogP) is 1.87. The van der Waals surface area contributed by atoms with Crippen molar-refractivity contribution in [2.24, 2.45) is 7.05 Å². The summed E-state index contributed by atoms with van der Waals surface area (Å²) in [5.41, 5.74) is 0.378. The fourth-order valence-electron chi connectivity index (χ4n) is 2.38. The van der Waals surface area contributed by atoms with Gasteiger partial charge < -0.3 is 9.47 Å². The highest BCUT2D eigenvalue weighted by atomic mass is 79.9. The van der Waals surface area contributed by atoms with Crippen LogP contribution in [0.25, 0.3) is 0 Å². The Hall–Kier alpha value is -1.48. The van der Waals surface area contributed by atoms with Gasteiger partial charge in [-0.15, -0.1) is 0 Å². The van der Waals surface area contributed by atoms with Crippen molar-refractivity contribution < 1.29 is 19.2 Å². The molecule has 0 spiro atoms. The lowest BCUT2D eigenvalue weighted by atomic mass is 10.1. The van der Waals surface area contributed by atoms with Gasteiger partial charge in [-0.05, 0) is 12.8 Å². The van der Waals surface area contributed by atoms with Crippen molar-refractivity contribution in [1.29, 1.82) is 0 Å². The SMILES string of the molecule is CC(=O)O[C@@H]1CO[C@H](c2c([N+](=O)[O-])cnn2C)CC[C@H]1Br. The highest BCUT2D eigenvalue weighted by Crippen LogP contribution is 2.35. The zero-order chi connectivity index (χ0) is 15.6. The molecule has 1 fully saturated rings.